The average Bonchev–Trinajstić information content (AvgIpc) is 2.14. The van der Waals surface area contributed by atoms with Crippen molar-refractivity contribution in [2.75, 3.05) is 13.6 Å². The Labute approximate surface area is 80.4 Å². The molecule has 0 radical (unpaired) electrons. The molecule has 0 heterocycles. The maximum absolute atomic E-state index is 11.1. The maximum Gasteiger partial charge on any atom is 0.250 e. The third-order valence-corrected chi connectivity index (χ3v) is 2.48. The Hall–Kier alpha value is -0.610. The number of amides is 1. The molecule has 0 aliphatic carbocycles. The fourth-order valence-electron chi connectivity index (χ4n) is 1.10. The van der Waals surface area contributed by atoms with Crippen LogP contribution in [0.25, 0.3) is 0 Å². The largest absolute Gasteiger partial charge is 0.295 e. The first-order chi connectivity index (χ1) is 6.02. The van der Waals surface area contributed by atoms with Crippen molar-refractivity contribution < 1.29 is 4.79 Å². The number of hydrogen-bond acceptors (Lipinski definition) is 3. The van der Waals surface area contributed by atoms with Gasteiger partial charge >= 0.3 is 0 Å². The monoisotopic (exact) mass is 187 g/mol. The highest BCUT2D eigenvalue weighted by atomic mass is 16.2. The molecule has 13 heavy (non-hydrogen) atoms. The highest BCUT2D eigenvalue weighted by molar-refractivity contribution is 5.80. The molecule has 0 saturated heterocycles. The van der Waals surface area contributed by atoms with Crippen LogP contribution in [0.15, 0.2) is 0 Å². The number of nitrogens with one attached hydrogen (secondary N) is 1. The second kappa shape index (κ2) is 5.94. The molecule has 2 atom stereocenters. The van der Waals surface area contributed by atoms with Crippen LogP contribution >= 0.6 is 0 Å². The van der Waals surface area contributed by atoms with Crippen LogP contribution in [0.4, 0.5) is 0 Å². The van der Waals surface area contributed by atoms with Gasteiger partial charge in [-0.15, -0.1) is 0 Å². The Bertz CT molecular complexity index is 161. The minimum atomic E-state index is -0.154. The van der Waals surface area contributed by atoms with E-state index >= 15 is 0 Å². The Morgan fingerprint density at radius 2 is 2.08 bits per heavy atom. The van der Waals surface area contributed by atoms with Crippen molar-refractivity contribution >= 4 is 5.91 Å². The van der Waals surface area contributed by atoms with Gasteiger partial charge in [-0.2, -0.15) is 0 Å². The van der Waals surface area contributed by atoms with E-state index in [0.717, 1.165) is 13.0 Å². The molecule has 0 rings (SSSR count). The van der Waals surface area contributed by atoms with E-state index in [4.69, 9.17) is 5.84 Å². The predicted octanol–water partition coefficient (Wildman–Crippen LogP) is 0.343. The summed E-state index contributed by atoms with van der Waals surface area (Å²) in [5.41, 5.74) is 2.16. The number of likely N-dealkylation sites (N-methyl/N-ethyl adjacent to an activating group) is 1. The van der Waals surface area contributed by atoms with Gasteiger partial charge in [-0.3, -0.25) is 15.1 Å². The molecular formula is C9H21N3O. The summed E-state index contributed by atoms with van der Waals surface area (Å²) in [6, 6.07) is -0.154. The zero-order valence-corrected chi connectivity index (χ0v) is 9.00. The van der Waals surface area contributed by atoms with E-state index in [1.54, 1.807) is 0 Å². The fraction of sp³-hybridized carbons (Fsp3) is 0.889. The van der Waals surface area contributed by atoms with Gasteiger partial charge in [-0.25, -0.2) is 5.84 Å². The van der Waals surface area contributed by atoms with Crippen LogP contribution in [0.1, 0.15) is 27.2 Å². The molecule has 0 bridgehead atoms. The van der Waals surface area contributed by atoms with Crippen molar-refractivity contribution in [3.63, 3.8) is 0 Å². The second-order valence-electron chi connectivity index (χ2n) is 3.64. The first kappa shape index (κ1) is 12.4. The van der Waals surface area contributed by atoms with Gasteiger partial charge in [0.25, 0.3) is 5.91 Å². The summed E-state index contributed by atoms with van der Waals surface area (Å²) in [5, 5.41) is 0. The van der Waals surface area contributed by atoms with Crippen LogP contribution in [0.2, 0.25) is 0 Å². The lowest BCUT2D eigenvalue weighted by atomic mass is 10.1. The molecule has 0 aromatic heterocycles. The SMILES string of the molecule is CCC(C)CN(C)C(C)C(=O)NN. The van der Waals surface area contributed by atoms with Crippen LogP contribution in [0.5, 0.6) is 0 Å². The minimum Gasteiger partial charge on any atom is -0.295 e. The van der Waals surface area contributed by atoms with Crippen molar-refractivity contribution in [3.05, 3.63) is 0 Å². The van der Waals surface area contributed by atoms with Crippen LogP contribution in [-0.2, 0) is 4.79 Å². The lowest BCUT2D eigenvalue weighted by Crippen LogP contribution is -2.46. The Morgan fingerprint density at radius 1 is 1.54 bits per heavy atom. The van der Waals surface area contributed by atoms with Gasteiger partial charge in [0, 0.05) is 6.54 Å². The number of nitrogens with two attached hydrogens (primary N) is 1. The fourth-order valence-corrected chi connectivity index (χ4v) is 1.10. The van der Waals surface area contributed by atoms with Gasteiger partial charge in [-0.1, -0.05) is 20.3 Å². The van der Waals surface area contributed by atoms with E-state index in [1.165, 1.54) is 0 Å². The van der Waals surface area contributed by atoms with Gasteiger partial charge in [0.1, 0.15) is 0 Å². The molecule has 0 aromatic carbocycles. The molecule has 0 spiro atoms. The maximum atomic E-state index is 11.1. The van der Waals surface area contributed by atoms with Crippen molar-refractivity contribution in [1.82, 2.24) is 10.3 Å². The summed E-state index contributed by atoms with van der Waals surface area (Å²) in [5.74, 6) is 5.52. The molecule has 4 heteroatoms. The lowest BCUT2D eigenvalue weighted by Gasteiger charge is -2.25. The quantitative estimate of drug-likeness (QED) is 0.371. The molecule has 78 valence electrons. The number of rotatable bonds is 5. The molecular weight excluding hydrogens is 166 g/mol. The number of hydrogen-bond donors (Lipinski definition) is 2. The third kappa shape index (κ3) is 4.24. The summed E-state index contributed by atoms with van der Waals surface area (Å²) >= 11 is 0. The highest BCUT2D eigenvalue weighted by Gasteiger charge is 2.17. The first-order valence-corrected chi connectivity index (χ1v) is 4.73. The zero-order valence-electron chi connectivity index (χ0n) is 9.00. The molecule has 0 aliphatic heterocycles. The molecule has 0 saturated carbocycles. The number of carbonyl (C=O) groups is 1. The van der Waals surface area contributed by atoms with E-state index in [2.05, 4.69) is 19.3 Å². The average molecular weight is 187 g/mol. The molecule has 2 unspecified atom stereocenters. The van der Waals surface area contributed by atoms with E-state index in [-0.39, 0.29) is 11.9 Å². The third-order valence-electron chi connectivity index (χ3n) is 2.48. The molecule has 4 nitrogen and oxygen atoms in total. The van der Waals surface area contributed by atoms with E-state index in [0.29, 0.717) is 5.92 Å². The van der Waals surface area contributed by atoms with Gasteiger partial charge in [0.15, 0.2) is 0 Å². The Balaban J connectivity index is 3.95. The molecule has 1 amide bonds. The lowest BCUT2D eigenvalue weighted by molar-refractivity contribution is -0.125. The number of hydrazine groups is 1. The Kier molecular flexibility index (Phi) is 5.66. The van der Waals surface area contributed by atoms with Crippen LogP contribution < -0.4 is 11.3 Å². The highest BCUT2D eigenvalue weighted by Crippen LogP contribution is 2.05. The standard InChI is InChI=1S/C9H21N3O/c1-5-7(2)6-12(4)8(3)9(13)11-10/h7-8H,5-6,10H2,1-4H3,(H,11,13). The molecule has 3 N–H and O–H groups in total. The normalized spacial score (nSPS) is 15.5. The van der Waals surface area contributed by atoms with Gasteiger partial charge in [-0.05, 0) is 19.9 Å². The van der Waals surface area contributed by atoms with Gasteiger partial charge in [0.05, 0.1) is 6.04 Å². The van der Waals surface area contributed by atoms with E-state index < -0.39 is 0 Å². The minimum absolute atomic E-state index is 0.134. The van der Waals surface area contributed by atoms with E-state index in [1.807, 2.05) is 18.9 Å². The number of carbonyl (C=O) groups excluding carboxylic acids is 1. The Morgan fingerprint density at radius 3 is 2.46 bits per heavy atom. The summed E-state index contributed by atoms with van der Waals surface area (Å²) < 4.78 is 0. The molecule has 0 fully saturated rings. The van der Waals surface area contributed by atoms with Crippen LogP contribution in [0.3, 0.4) is 0 Å². The summed E-state index contributed by atoms with van der Waals surface area (Å²) in [6.07, 6.45) is 1.13. The summed E-state index contributed by atoms with van der Waals surface area (Å²) in [4.78, 5) is 13.2. The van der Waals surface area contributed by atoms with Crippen molar-refractivity contribution in [2.24, 2.45) is 11.8 Å². The summed E-state index contributed by atoms with van der Waals surface area (Å²) in [6.45, 7) is 7.09. The van der Waals surface area contributed by atoms with Crippen LogP contribution in [-0.4, -0.2) is 30.4 Å². The molecule has 0 aromatic rings. The van der Waals surface area contributed by atoms with Gasteiger partial charge < -0.3 is 0 Å². The first-order valence-electron chi connectivity index (χ1n) is 4.73. The molecule has 0 aliphatic rings. The smallest absolute Gasteiger partial charge is 0.250 e. The second-order valence-corrected chi connectivity index (χ2v) is 3.64. The zero-order chi connectivity index (χ0) is 10.4. The predicted molar refractivity (Wildman–Crippen MR) is 53.9 cm³/mol. The summed E-state index contributed by atoms with van der Waals surface area (Å²) in [7, 11) is 1.94. The van der Waals surface area contributed by atoms with Crippen molar-refractivity contribution in [1.29, 1.82) is 0 Å². The van der Waals surface area contributed by atoms with Crippen molar-refractivity contribution in [2.45, 2.75) is 33.2 Å². The van der Waals surface area contributed by atoms with Gasteiger partial charge in [0.2, 0.25) is 0 Å². The topological polar surface area (TPSA) is 58.4 Å². The van der Waals surface area contributed by atoms with Crippen LogP contribution in [0, 0.1) is 5.92 Å². The van der Waals surface area contributed by atoms with Crippen molar-refractivity contribution in [3.8, 4) is 0 Å². The number of nitrogens with zero attached hydrogens (tertiary/aromatic N) is 1. The van der Waals surface area contributed by atoms with E-state index in [9.17, 15) is 4.79 Å².